The zero-order valence-corrected chi connectivity index (χ0v) is 13.3. The maximum atomic E-state index is 4.47. The number of rotatable bonds is 4. The van der Waals surface area contributed by atoms with Crippen LogP contribution in [-0.2, 0) is 6.54 Å². The molecule has 0 aliphatic carbocycles. The number of hydrogen-bond acceptors (Lipinski definition) is 2. The third kappa shape index (κ3) is 2.75. The molecule has 1 aliphatic heterocycles. The van der Waals surface area contributed by atoms with Crippen LogP contribution < -0.4 is 0 Å². The molecule has 0 saturated carbocycles. The van der Waals surface area contributed by atoms with Gasteiger partial charge in [-0.25, -0.2) is 0 Å². The van der Waals surface area contributed by atoms with E-state index in [1.54, 1.807) is 0 Å². The van der Waals surface area contributed by atoms with Crippen molar-refractivity contribution in [2.75, 3.05) is 13.1 Å². The van der Waals surface area contributed by atoms with Crippen molar-refractivity contribution in [2.24, 2.45) is 0 Å². The highest BCUT2D eigenvalue weighted by atomic mass is 15.3. The molecule has 3 nitrogen and oxygen atoms in total. The summed E-state index contributed by atoms with van der Waals surface area (Å²) in [7, 11) is 0. The fourth-order valence-corrected chi connectivity index (χ4v) is 3.35. The van der Waals surface area contributed by atoms with Crippen LogP contribution in [0.15, 0.2) is 30.5 Å². The van der Waals surface area contributed by atoms with Gasteiger partial charge in [-0.05, 0) is 63.9 Å². The van der Waals surface area contributed by atoms with Gasteiger partial charge in [0, 0.05) is 23.8 Å². The summed E-state index contributed by atoms with van der Waals surface area (Å²) in [4.78, 5) is 2.58. The summed E-state index contributed by atoms with van der Waals surface area (Å²) in [6.45, 7) is 10.0. The lowest BCUT2D eigenvalue weighted by atomic mass is 10.00. The standard InChI is InChI=1S/C18H25N3/c1-4-21-15(3)18(13-19-21)17-9-7-8-16(12-17)14(2)20-10-5-6-11-20/h7-9,12-14H,4-6,10-11H2,1-3H3/t14-/m0/s1. The first-order chi connectivity index (χ1) is 10.2. The van der Waals surface area contributed by atoms with E-state index in [9.17, 15) is 0 Å². The van der Waals surface area contributed by atoms with E-state index in [2.05, 4.69) is 59.7 Å². The Kier molecular flexibility index (Phi) is 4.11. The Labute approximate surface area is 127 Å². The number of likely N-dealkylation sites (tertiary alicyclic amines) is 1. The second-order valence-electron chi connectivity index (χ2n) is 6.00. The van der Waals surface area contributed by atoms with Gasteiger partial charge in [-0.15, -0.1) is 0 Å². The summed E-state index contributed by atoms with van der Waals surface area (Å²) in [6.07, 6.45) is 4.68. The SMILES string of the molecule is CCn1ncc(-c2cccc([C@H](C)N3CCCC3)c2)c1C. The van der Waals surface area contributed by atoms with Gasteiger partial charge in [0.25, 0.3) is 0 Å². The summed E-state index contributed by atoms with van der Waals surface area (Å²) in [5, 5.41) is 4.47. The van der Waals surface area contributed by atoms with Crippen LogP contribution in [0.2, 0.25) is 0 Å². The van der Waals surface area contributed by atoms with Crippen molar-refractivity contribution >= 4 is 0 Å². The van der Waals surface area contributed by atoms with Crippen LogP contribution in [0.25, 0.3) is 11.1 Å². The minimum absolute atomic E-state index is 0.508. The van der Waals surface area contributed by atoms with Crippen LogP contribution in [0, 0.1) is 6.92 Å². The van der Waals surface area contributed by atoms with Crippen LogP contribution in [0.3, 0.4) is 0 Å². The summed E-state index contributed by atoms with van der Waals surface area (Å²) >= 11 is 0. The molecular formula is C18H25N3. The third-order valence-corrected chi connectivity index (χ3v) is 4.77. The van der Waals surface area contributed by atoms with Crippen LogP contribution >= 0.6 is 0 Å². The Bertz CT molecular complexity index is 609. The van der Waals surface area contributed by atoms with Gasteiger partial charge in [0.15, 0.2) is 0 Å². The molecular weight excluding hydrogens is 258 g/mol. The van der Waals surface area contributed by atoms with Gasteiger partial charge in [-0.1, -0.05) is 18.2 Å². The predicted octanol–water partition coefficient (Wildman–Crippen LogP) is 4.04. The Balaban J connectivity index is 1.90. The van der Waals surface area contributed by atoms with Crippen LogP contribution in [0.1, 0.15) is 44.0 Å². The van der Waals surface area contributed by atoms with Crippen LogP contribution in [-0.4, -0.2) is 27.8 Å². The van der Waals surface area contributed by atoms with E-state index in [0.29, 0.717) is 6.04 Å². The van der Waals surface area contributed by atoms with Crippen molar-refractivity contribution in [3.05, 3.63) is 41.7 Å². The summed E-state index contributed by atoms with van der Waals surface area (Å²) < 4.78 is 2.06. The fraction of sp³-hybridized carbons (Fsp3) is 0.500. The maximum absolute atomic E-state index is 4.47. The van der Waals surface area contributed by atoms with E-state index >= 15 is 0 Å². The number of aryl methyl sites for hydroxylation is 1. The second kappa shape index (κ2) is 6.02. The quantitative estimate of drug-likeness (QED) is 0.844. The highest BCUT2D eigenvalue weighted by Gasteiger charge is 2.19. The number of hydrogen-bond donors (Lipinski definition) is 0. The average molecular weight is 283 g/mol. The van der Waals surface area contributed by atoms with Gasteiger partial charge in [-0.3, -0.25) is 9.58 Å². The van der Waals surface area contributed by atoms with E-state index in [4.69, 9.17) is 0 Å². The zero-order chi connectivity index (χ0) is 14.8. The Morgan fingerprint density at radius 1 is 1.24 bits per heavy atom. The van der Waals surface area contributed by atoms with Crippen molar-refractivity contribution in [1.82, 2.24) is 14.7 Å². The summed E-state index contributed by atoms with van der Waals surface area (Å²) in [6, 6.07) is 9.48. The highest BCUT2D eigenvalue weighted by molar-refractivity contribution is 5.66. The normalized spacial score (nSPS) is 17.3. The summed E-state index contributed by atoms with van der Waals surface area (Å²) in [5.41, 5.74) is 5.21. The number of aromatic nitrogens is 2. The van der Waals surface area contributed by atoms with Gasteiger partial charge >= 0.3 is 0 Å². The maximum Gasteiger partial charge on any atom is 0.0571 e. The van der Waals surface area contributed by atoms with Crippen molar-refractivity contribution < 1.29 is 0 Å². The predicted molar refractivity (Wildman–Crippen MR) is 87.3 cm³/mol. The minimum atomic E-state index is 0.508. The smallest absolute Gasteiger partial charge is 0.0571 e. The molecule has 1 aromatic carbocycles. The molecule has 1 aliphatic rings. The Morgan fingerprint density at radius 2 is 2.00 bits per heavy atom. The molecule has 1 saturated heterocycles. The molecule has 1 fully saturated rings. The van der Waals surface area contributed by atoms with Crippen molar-refractivity contribution in [2.45, 2.75) is 46.2 Å². The van der Waals surface area contributed by atoms with Gasteiger partial charge in [0.1, 0.15) is 0 Å². The molecule has 0 unspecified atom stereocenters. The molecule has 112 valence electrons. The van der Waals surface area contributed by atoms with E-state index in [0.717, 1.165) is 6.54 Å². The number of benzene rings is 1. The monoisotopic (exact) mass is 283 g/mol. The minimum Gasteiger partial charge on any atom is -0.297 e. The zero-order valence-electron chi connectivity index (χ0n) is 13.3. The molecule has 2 heterocycles. The highest BCUT2D eigenvalue weighted by Crippen LogP contribution is 2.29. The lowest BCUT2D eigenvalue weighted by Crippen LogP contribution is -2.23. The first-order valence-corrected chi connectivity index (χ1v) is 8.07. The Morgan fingerprint density at radius 3 is 2.67 bits per heavy atom. The second-order valence-corrected chi connectivity index (χ2v) is 6.00. The van der Waals surface area contributed by atoms with E-state index in [-0.39, 0.29) is 0 Å². The van der Waals surface area contributed by atoms with Crippen molar-refractivity contribution in [1.29, 1.82) is 0 Å². The Hall–Kier alpha value is -1.61. The van der Waals surface area contributed by atoms with E-state index < -0.39 is 0 Å². The lowest BCUT2D eigenvalue weighted by molar-refractivity contribution is 0.263. The molecule has 0 radical (unpaired) electrons. The van der Waals surface area contributed by atoms with Crippen molar-refractivity contribution in [3.8, 4) is 11.1 Å². The lowest BCUT2D eigenvalue weighted by Gasteiger charge is -2.24. The molecule has 1 atom stereocenters. The summed E-state index contributed by atoms with van der Waals surface area (Å²) in [5.74, 6) is 0. The molecule has 2 aromatic rings. The third-order valence-electron chi connectivity index (χ3n) is 4.77. The van der Waals surface area contributed by atoms with Gasteiger partial charge in [0.2, 0.25) is 0 Å². The molecule has 21 heavy (non-hydrogen) atoms. The van der Waals surface area contributed by atoms with Gasteiger partial charge in [-0.2, -0.15) is 5.10 Å². The molecule has 3 rings (SSSR count). The molecule has 0 bridgehead atoms. The fourth-order valence-electron chi connectivity index (χ4n) is 3.35. The molecule has 1 aromatic heterocycles. The topological polar surface area (TPSA) is 21.1 Å². The molecule has 3 heteroatoms. The van der Waals surface area contributed by atoms with Crippen LogP contribution in [0.4, 0.5) is 0 Å². The van der Waals surface area contributed by atoms with E-state index in [1.165, 1.54) is 48.3 Å². The van der Waals surface area contributed by atoms with Gasteiger partial charge < -0.3 is 0 Å². The molecule has 0 spiro atoms. The van der Waals surface area contributed by atoms with E-state index in [1.807, 2.05) is 6.20 Å². The molecule has 0 N–H and O–H groups in total. The molecule has 0 amide bonds. The van der Waals surface area contributed by atoms with Crippen molar-refractivity contribution in [3.63, 3.8) is 0 Å². The average Bonchev–Trinajstić information content (AvgIpc) is 3.16. The largest absolute Gasteiger partial charge is 0.297 e. The number of nitrogens with zero attached hydrogens (tertiary/aromatic N) is 3. The van der Waals surface area contributed by atoms with Crippen LogP contribution in [0.5, 0.6) is 0 Å². The first-order valence-electron chi connectivity index (χ1n) is 8.07. The van der Waals surface area contributed by atoms with Gasteiger partial charge in [0.05, 0.1) is 6.20 Å². The first kappa shape index (κ1) is 14.3.